The first-order chi connectivity index (χ1) is 13.4. The van der Waals surface area contributed by atoms with E-state index in [1.54, 1.807) is 0 Å². The van der Waals surface area contributed by atoms with Crippen molar-refractivity contribution < 1.29 is 28.2 Å². The number of aliphatic carboxylic acids is 1. The van der Waals surface area contributed by atoms with Crippen molar-refractivity contribution in [2.75, 3.05) is 6.61 Å². The highest BCUT2D eigenvalue weighted by Gasteiger charge is 2.57. The van der Waals surface area contributed by atoms with Gasteiger partial charge in [0.2, 0.25) is 0 Å². The third kappa shape index (κ3) is 2.91. The number of hydrogen-bond acceptors (Lipinski definition) is 3. The lowest BCUT2D eigenvalue weighted by molar-refractivity contribution is -0.172. The lowest BCUT2D eigenvalue weighted by atomic mass is 9.65. The normalized spacial score (nSPS) is 22.9. The van der Waals surface area contributed by atoms with Gasteiger partial charge < -0.3 is 15.2 Å². The predicted molar refractivity (Wildman–Crippen MR) is 97.3 cm³/mol. The Morgan fingerprint density at radius 3 is 2.11 bits per heavy atom. The maximum Gasteiger partial charge on any atom is 0.407 e. The molecule has 0 atom stereocenters. The molecule has 2 aromatic rings. The number of alkyl carbamates (subject to hydrolysis) is 1. The highest BCUT2D eigenvalue weighted by Crippen LogP contribution is 2.47. The summed E-state index contributed by atoms with van der Waals surface area (Å²) in [7, 11) is 0. The Morgan fingerprint density at radius 1 is 1.07 bits per heavy atom. The van der Waals surface area contributed by atoms with E-state index in [0.717, 1.165) is 22.3 Å². The van der Waals surface area contributed by atoms with Crippen molar-refractivity contribution in [3.05, 3.63) is 59.7 Å². The fraction of sp³-hybridized carbons (Fsp3) is 0.333. The fourth-order valence-corrected chi connectivity index (χ4v) is 4.17. The molecule has 1 saturated carbocycles. The molecule has 2 aliphatic carbocycles. The number of nitrogens with one attached hydrogen (secondary N) is 1. The monoisotopic (exact) mass is 387 g/mol. The van der Waals surface area contributed by atoms with Crippen LogP contribution in [0.5, 0.6) is 0 Å². The van der Waals surface area contributed by atoms with Gasteiger partial charge in [0.1, 0.15) is 12.0 Å². The summed E-state index contributed by atoms with van der Waals surface area (Å²) in [5.41, 5.74) is 2.29. The van der Waals surface area contributed by atoms with E-state index in [-0.39, 0.29) is 25.4 Å². The predicted octanol–water partition coefficient (Wildman–Crippen LogP) is 4.02. The van der Waals surface area contributed by atoms with Crippen LogP contribution in [0.25, 0.3) is 11.1 Å². The van der Waals surface area contributed by atoms with Crippen molar-refractivity contribution in [2.45, 2.75) is 31.2 Å². The SMILES string of the molecule is O=C(NC1CC(C(=O)O)(C(F)F)C1)OCC1c2ccccc2-c2ccccc21. The Bertz CT molecular complexity index is 879. The van der Waals surface area contributed by atoms with Crippen LogP contribution in [0.1, 0.15) is 29.9 Å². The molecule has 7 heteroatoms. The highest BCUT2D eigenvalue weighted by molar-refractivity contribution is 5.79. The van der Waals surface area contributed by atoms with Crippen LogP contribution in [0, 0.1) is 5.41 Å². The van der Waals surface area contributed by atoms with Crippen LogP contribution < -0.4 is 5.32 Å². The second kappa shape index (κ2) is 6.89. The van der Waals surface area contributed by atoms with Crippen molar-refractivity contribution in [1.82, 2.24) is 5.32 Å². The van der Waals surface area contributed by atoms with Crippen LogP contribution in [0.2, 0.25) is 0 Å². The number of amides is 1. The van der Waals surface area contributed by atoms with Crippen LogP contribution in [-0.4, -0.2) is 36.2 Å². The van der Waals surface area contributed by atoms with Gasteiger partial charge in [0.15, 0.2) is 0 Å². The number of ether oxygens (including phenoxy) is 1. The van der Waals surface area contributed by atoms with Gasteiger partial charge in [-0.15, -0.1) is 0 Å². The standard InChI is InChI=1S/C21H19F2NO4/c22-18(23)21(19(25)26)9-12(10-21)24-20(27)28-11-17-15-7-3-1-5-13(15)14-6-2-4-8-16(14)17/h1-8,12,17-18H,9-11H2,(H,24,27)(H,25,26). The quantitative estimate of drug-likeness (QED) is 0.813. The number of alkyl halides is 2. The van der Waals surface area contributed by atoms with Gasteiger partial charge >= 0.3 is 12.1 Å². The molecule has 1 amide bonds. The lowest BCUT2D eigenvalue weighted by Crippen LogP contribution is -2.57. The number of carboxylic acids is 1. The molecule has 2 aliphatic rings. The van der Waals surface area contributed by atoms with Gasteiger partial charge in [-0.2, -0.15) is 0 Å². The fourth-order valence-electron chi connectivity index (χ4n) is 4.17. The van der Waals surface area contributed by atoms with E-state index in [1.807, 2.05) is 48.5 Å². The second-order valence-electron chi connectivity index (χ2n) is 7.34. The second-order valence-corrected chi connectivity index (χ2v) is 7.34. The molecule has 0 saturated heterocycles. The summed E-state index contributed by atoms with van der Waals surface area (Å²) >= 11 is 0. The van der Waals surface area contributed by atoms with Crippen LogP contribution >= 0.6 is 0 Å². The molecule has 0 aromatic heterocycles. The van der Waals surface area contributed by atoms with Crippen LogP contribution in [0.15, 0.2) is 48.5 Å². The number of fused-ring (bicyclic) bond motifs is 3. The van der Waals surface area contributed by atoms with Gasteiger partial charge in [0, 0.05) is 12.0 Å². The van der Waals surface area contributed by atoms with E-state index >= 15 is 0 Å². The maximum atomic E-state index is 13.0. The molecule has 0 bridgehead atoms. The number of carbonyl (C=O) groups is 2. The summed E-state index contributed by atoms with van der Waals surface area (Å²) in [6.07, 6.45) is -4.29. The molecule has 2 N–H and O–H groups in total. The Labute approximate surface area is 160 Å². The van der Waals surface area contributed by atoms with E-state index in [9.17, 15) is 18.4 Å². The molecule has 5 nitrogen and oxygen atoms in total. The minimum atomic E-state index is -2.97. The molecule has 2 aromatic carbocycles. The highest BCUT2D eigenvalue weighted by atomic mass is 19.3. The third-order valence-electron chi connectivity index (χ3n) is 5.73. The molecular weight excluding hydrogens is 368 g/mol. The molecule has 1 fully saturated rings. The molecule has 0 heterocycles. The van der Waals surface area contributed by atoms with Gasteiger partial charge in [-0.25, -0.2) is 13.6 Å². The molecule has 4 rings (SSSR count). The number of benzene rings is 2. The summed E-state index contributed by atoms with van der Waals surface area (Å²) < 4.78 is 31.4. The minimum absolute atomic E-state index is 0.0984. The van der Waals surface area contributed by atoms with Gasteiger partial charge in [-0.1, -0.05) is 48.5 Å². The Kier molecular flexibility index (Phi) is 4.53. The Hall–Kier alpha value is -2.96. The zero-order chi connectivity index (χ0) is 19.9. The molecule has 146 valence electrons. The van der Waals surface area contributed by atoms with Crippen molar-refractivity contribution in [3.8, 4) is 11.1 Å². The number of rotatable bonds is 5. The smallest absolute Gasteiger partial charge is 0.407 e. The van der Waals surface area contributed by atoms with Crippen molar-refractivity contribution in [1.29, 1.82) is 0 Å². The zero-order valence-corrected chi connectivity index (χ0v) is 14.9. The average molecular weight is 387 g/mol. The minimum Gasteiger partial charge on any atom is -0.481 e. The van der Waals surface area contributed by atoms with Gasteiger partial charge in [0.25, 0.3) is 6.43 Å². The summed E-state index contributed by atoms with van der Waals surface area (Å²) in [6, 6.07) is 15.2. The first-order valence-electron chi connectivity index (χ1n) is 9.05. The van der Waals surface area contributed by atoms with E-state index in [1.165, 1.54) is 0 Å². The number of carboxylic acid groups (broad SMARTS) is 1. The summed E-state index contributed by atoms with van der Waals surface area (Å²) in [5.74, 6) is -1.63. The molecule has 0 spiro atoms. The van der Waals surface area contributed by atoms with Crippen LogP contribution in [0.4, 0.5) is 13.6 Å². The maximum absolute atomic E-state index is 13.0. The first-order valence-corrected chi connectivity index (χ1v) is 9.05. The Balaban J connectivity index is 1.38. The van der Waals surface area contributed by atoms with Gasteiger partial charge in [-0.05, 0) is 35.1 Å². The largest absolute Gasteiger partial charge is 0.481 e. The summed E-state index contributed by atoms with van der Waals surface area (Å²) in [4.78, 5) is 23.2. The number of carbonyl (C=O) groups excluding carboxylic acids is 1. The Morgan fingerprint density at radius 2 is 1.61 bits per heavy atom. The number of halogens is 2. The van der Waals surface area contributed by atoms with Crippen molar-refractivity contribution in [3.63, 3.8) is 0 Å². The molecule has 0 unspecified atom stereocenters. The van der Waals surface area contributed by atoms with Crippen LogP contribution in [0.3, 0.4) is 0 Å². The van der Waals surface area contributed by atoms with E-state index in [0.29, 0.717) is 0 Å². The topological polar surface area (TPSA) is 75.6 Å². The molecule has 0 radical (unpaired) electrons. The molecule has 0 aliphatic heterocycles. The van der Waals surface area contributed by atoms with E-state index < -0.39 is 29.9 Å². The zero-order valence-electron chi connectivity index (χ0n) is 14.9. The molecular formula is C21H19F2NO4. The average Bonchev–Trinajstić information content (AvgIpc) is 2.96. The third-order valence-corrected chi connectivity index (χ3v) is 5.73. The lowest BCUT2D eigenvalue weighted by Gasteiger charge is -2.43. The molecule has 28 heavy (non-hydrogen) atoms. The van der Waals surface area contributed by atoms with Crippen molar-refractivity contribution >= 4 is 12.1 Å². The van der Waals surface area contributed by atoms with Crippen molar-refractivity contribution in [2.24, 2.45) is 5.41 Å². The van der Waals surface area contributed by atoms with Crippen LogP contribution in [-0.2, 0) is 9.53 Å². The first kappa shape index (κ1) is 18.4. The van der Waals surface area contributed by atoms with E-state index in [2.05, 4.69) is 5.32 Å². The summed E-state index contributed by atoms with van der Waals surface area (Å²) in [5, 5.41) is 11.5. The van der Waals surface area contributed by atoms with Gasteiger partial charge in [0.05, 0.1) is 0 Å². The number of hydrogen-bond donors (Lipinski definition) is 2. The van der Waals surface area contributed by atoms with E-state index in [4.69, 9.17) is 9.84 Å². The van der Waals surface area contributed by atoms with Gasteiger partial charge in [-0.3, -0.25) is 4.79 Å². The summed E-state index contributed by atoms with van der Waals surface area (Å²) in [6.45, 7) is 0.117.